The summed E-state index contributed by atoms with van der Waals surface area (Å²) in [6.07, 6.45) is 0. The molecule has 2 N–H and O–H groups in total. The Morgan fingerprint density at radius 3 is 2.48 bits per heavy atom. The Bertz CT molecular complexity index is 927. The second-order valence-corrected chi connectivity index (χ2v) is 7.82. The SMILES string of the molecule is COc1ccc(F)cc1CN1CCN(C(=O)c2ccccc2NC(=O)NC(C)C)CC1. The van der Waals surface area contributed by atoms with Gasteiger partial charge in [-0.05, 0) is 44.2 Å². The van der Waals surface area contributed by atoms with Crippen LogP contribution in [0.5, 0.6) is 5.75 Å². The topological polar surface area (TPSA) is 73.9 Å². The fourth-order valence-corrected chi connectivity index (χ4v) is 3.59. The van der Waals surface area contributed by atoms with Gasteiger partial charge in [-0.1, -0.05) is 12.1 Å². The molecule has 2 aromatic carbocycles. The van der Waals surface area contributed by atoms with Crippen molar-refractivity contribution in [3.8, 4) is 5.75 Å². The highest BCUT2D eigenvalue weighted by atomic mass is 19.1. The number of hydrogen-bond donors (Lipinski definition) is 2. The number of carbonyl (C=O) groups excluding carboxylic acids is 2. The number of hydrogen-bond acceptors (Lipinski definition) is 4. The highest BCUT2D eigenvalue weighted by molar-refractivity contribution is 6.03. The van der Waals surface area contributed by atoms with E-state index in [-0.39, 0.29) is 23.8 Å². The molecule has 1 aliphatic rings. The van der Waals surface area contributed by atoms with Crippen molar-refractivity contribution in [3.05, 3.63) is 59.4 Å². The van der Waals surface area contributed by atoms with Crippen molar-refractivity contribution in [2.45, 2.75) is 26.4 Å². The van der Waals surface area contributed by atoms with Gasteiger partial charge in [-0.25, -0.2) is 9.18 Å². The zero-order chi connectivity index (χ0) is 22.4. The molecule has 0 unspecified atom stereocenters. The molecule has 0 spiro atoms. The summed E-state index contributed by atoms with van der Waals surface area (Å²) in [5.41, 5.74) is 1.73. The molecule has 0 aromatic heterocycles. The first kappa shape index (κ1) is 22.6. The lowest BCUT2D eigenvalue weighted by Crippen LogP contribution is -2.48. The van der Waals surface area contributed by atoms with Crippen molar-refractivity contribution in [3.63, 3.8) is 0 Å². The molecule has 8 heteroatoms. The van der Waals surface area contributed by atoms with Gasteiger partial charge in [-0.3, -0.25) is 9.69 Å². The number of anilines is 1. The number of carbonyl (C=O) groups is 2. The van der Waals surface area contributed by atoms with Crippen LogP contribution in [0.15, 0.2) is 42.5 Å². The maximum absolute atomic E-state index is 13.6. The van der Waals surface area contributed by atoms with Crippen LogP contribution in [0, 0.1) is 5.82 Å². The summed E-state index contributed by atoms with van der Waals surface area (Å²) in [5, 5.41) is 5.52. The fraction of sp³-hybridized carbons (Fsp3) is 0.391. The number of benzene rings is 2. The molecule has 0 aliphatic carbocycles. The van der Waals surface area contributed by atoms with Crippen LogP contribution in [0.3, 0.4) is 0 Å². The molecular formula is C23H29FN4O3. The van der Waals surface area contributed by atoms with Crippen LogP contribution in [0.4, 0.5) is 14.9 Å². The molecule has 1 aliphatic heterocycles. The molecule has 31 heavy (non-hydrogen) atoms. The molecule has 0 radical (unpaired) electrons. The van der Waals surface area contributed by atoms with E-state index in [1.165, 1.54) is 12.1 Å². The van der Waals surface area contributed by atoms with Crippen LogP contribution >= 0.6 is 0 Å². The minimum Gasteiger partial charge on any atom is -0.496 e. The monoisotopic (exact) mass is 428 g/mol. The van der Waals surface area contributed by atoms with Gasteiger partial charge < -0.3 is 20.3 Å². The van der Waals surface area contributed by atoms with E-state index in [1.807, 2.05) is 13.8 Å². The molecule has 0 saturated carbocycles. The number of nitrogens with zero attached hydrogens (tertiary/aromatic N) is 2. The average molecular weight is 429 g/mol. The molecule has 0 bridgehead atoms. The third-order valence-electron chi connectivity index (χ3n) is 5.12. The van der Waals surface area contributed by atoms with Crippen molar-refractivity contribution in [1.29, 1.82) is 0 Å². The van der Waals surface area contributed by atoms with Gasteiger partial charge in [0.15, 0.2) is 0 Å². The Hall–Kier alpha value is -3.13. The van der Waals surface area contributed by atoms with Crippen molar-refractivity contribution in [2.24, 2.45) is 0 Å². The van der Waals surface area contributed by atoms with E-state index in [0.717, 1.165) is 5.56 Å². The number of methoxy groups -OCH3 is 1. The minimum atomic E-state index is -0.343. The van der Waals surface area contributed by atoms with Crippen LogP contribution in [-0.2, 0) is 6.54 Å². The van der Waals surface area contributed by atoms with Crippen molar-refractivity contribution in [2.75, 3.05) is 38.6 Å². The first-order valence-electron chi connectivity index (χ1n) is 10.4. The molecule has 2 aromatic rings. The first-order chi connectivity index (χ1) is 14.9. The Morgan fingerprint density at radius 1 is 1.10 bits per heavy atom. The highest BCUT2D eigenvalue weighted by Gasteiger charge is 2.25. The predicted octanol–water partition coefficient (Wildman–Crippen LogP) is 3.32. The summed E-state index contributed by atoms with van der Waals surface area (Å²) in [6.45, 7) is 6.71. The number of ether oxygens (including phenoxy) is 1. The summed E-state index contributed by atoms with van der Waals surface area (Å²) in [5.74, 6) is 0.234. The Labute approximate surface area is 182 Å². The molecule has 3 rings (SSSR count). The van der Waals surface area contributed by atoms with Gasteiger partial charge in [-0.2, -0.15) is 0 Å². The molecule has 1 heterocycles. The van der Waals surface area contributed by atoms with Gasteiger partial charge in [0.05, 0.1) is 18.4 Å². The number of piperazine rings is 1. The lowest BCUT2D eigenvalue weighted by Gasteiger charge is -2.35. The van der Waals surface area contributed by atoms with Gasteiger partial charge >= 0.3 is 6.03 Å². The number of amides is 3. The first-order valence-corrected chi connectivity index (χ1v) is 10.4. The number of para-hydroxylation sites is 1. The van der Waals surface area contributed by atoms with Crippen LogP contribution in [0.2, 0.25) is 0 Å². The van der Waals surface area contributed by atoms with Gasteiger partial charge in [0.1, 0.15) is 11.6 Å². The number of urea groups is 1. The Kier molecular flexibility index (Phi) is 7.46. The lowest BCUT2D eigenvalue weighted by atomic mass is 10.1. The van der Waals surface area contributed by atoms with E-state index in [4.69, 9.17) is 4.74 Å². The summed E-state index contributed by atoms with van der Waals surface area (Å²) in [4.78, 5) is 29.1. The highest BCUT2D eigenvalue weighted by Crippen LogP contribution is 2.23. The third-order valence-corrected chi connectivity index (χ3v) is 5.12. The van der Waals surface area contributed by atoms with E-state index >= 15 is 0 Å². The van der Waals surface area contributed by atoms with Crippen LogP contribution in [0.1, 0.15) is 29.8 Å². The minimum absolute atomic E-state index is 0.00680. The molecule has 1 saturated heterocycles. The number of rotatable bonds is 6. The number of nitrogens with one attached hydrogen (secondary N) is 2. The molecule has 0 atom stereocenters. The quantitative estimate of drug-likeness (QED) is 0.740. The normalized spacial score (nSPS) is 14.4. The summed E-state index contributed by atoms with van der Waals surface area (Å²) >= 11 is 0. The second-order valence-electron chi connectivity index (χ2n) is 7.82. The lowest BCUT2D eigenvalue weighted by molar-refractivity contribution is 0.0628. The average Bonchev–Trinajstić information content (AvgIpc) is 2.74. The van der Waals surface area contributed by atoms with Gasteiger partial charge in [-0.15, -0.1) is 0 Å². The van der Waals surface area contributed by atoms with E-state index in [0.29, 0.717) is 49.7 Å². The largest absolute Gasteiger partial charge is 0.496 e. The van der Waals surface area contributed by atoms with E-state index < -0.39 is 0 Å². The van der Waals surface area contributed by atoms with E-state index in [1.54, 1.807) is 42.3 Å². The Morgan fingerprint density at radius 2 is 1.81 bits per heavy atom. The molecular weight excluding hydrogens is 399 g/mol. The predicted molar refractivity (Wildman–Crippen MR) is 118 cm³/mol. The van der Waals surface area contributed by atoms with Crippen molar-refractivity contribution < 1.29 is 18.7 Å². The van der Waals surface area contributed by atoms with Crippen molar-refractivity contribution >= 4 is 17.6 Å². The Balaban J connectivity index is 1.62. The van der Waals surface area contributed by atoms with E-state index in [2.05, 4.69) is 15.5 Å². The van der Waals surface area contributed by atoms with Crippen LogP contribution in [-0.4, -0.2) is 61.1 Å². The zero-order valence-electron chi connectivity index (χ0n) is 18.2. The smallest absolute Gasteiger partial charge is 0.319 e. The maximum Gasteiger partial charge on any atom is 0.319 e. The molecule has 7 nitrogen and oxygen atoms in total. The van der Waals surface area contributed by atoms with Gasteiger partial charge in [0.2, 0.25) is 0 Å². The van der Waals surface area contributed by atoms with Gasteiger partial charge in [0, 0.05) is 44.3 Å². The van der Waals surface area contributed by atoms with E-state index in [9.17, 15) is 14.0 Å². The maximum atomic E-state index is 13.6. The molecule has 166 valence electrons. The van der Waals surface area contributed by atoms with Crippen LogP contribution in [0.25, 0.3) is 0 Å². The summed E-state index contributed by atoms with van der Waals surface area (Å²) < 4.78 is 19.0. The second kappa shape index (κ2) is 10.3. The number of halogens is 1. The third kappa shape index (κ3) is 5.95. The fourth-order valence-electron chi connectivity index (χ4n) is 3.59. The van der Waals surface area contributed by atoms with Crippen molar-refractivity contribution in [1.82, 2.24) is 15.1 Å². The molecule has 3 amide bonds. The zero-order valence-corrected chi connectivity index (χ0v) is 18.2. The van der Waals surface area contributed by atoms with Gasteiger partial charge in [0.25, 0.3) is 5.91 Å². The standard InChI is InChI=1S/C23H29FN4O3/c1-16(2)25-23(30)26-20-7-5-4-6-19(20)22(29)28-12-10-27(11-13-28)15-17-14-18(24)8-9-21(17)31-3/h4-9,14,16H,10-13,15H2,1-3H3,(H2,25,26,30). The summed E-state index contributed by atoms with van der Waals surface area (Å²) in [7, 11) is 1.57. The summed E-state index contributed by atoms with van der Waals surface area (Å²) in [6, 6.07) is 11.2. The van der Waals surface area contributed by atoms with Crippen LogP contribution < -0.4 is 15.4 Å². The molecule has 1 fully saturated rings.